The Labute approximate surface area is 136 Å². The zero-order chi connectivity index (χ0) is 16.9. The highest BCUT2D eigenvalue weighted by Crippen LogP contribution is 2.28. The Morgan fingerprint density at radius 1 is 1.35 bits per heavy atom. The fourth-order valence-corrected chi connectivity index (χ4v) is 4.28. The third-order valence-corrected chi connectivity index (χ3v) is 6.11. The van der Waals surface area contributed by atoms with E-state index in [9.17, 15) is 8.42 Å². The number of methoxy groups -OCH3 is 2. The van der Waals surface area contributed by atoms with Gasteiger partial charge in [-0.25, -0.2) is 8.42 Å². The van der Waals surface area contributed by atoms with Crippen LogP contribution in [0.5, 0.6) is 11.5 Å². The summed E-state index contributed by atoms with van der Waals surface area (Å²) in [7, 11) is 0.0663. The molecular formula is C15H23N3O4S. The van der Waals surface area contributed by atoms with Gasteiger partial charge >= 0.3 is 0 Å². The molecule has 8 heteroatoms. The summed E-state index contributed by atoms with van der Waals surface area (Å²) in [6.45, 7) is 0.174. The first-order valence-corrected chi connectivity index (χ1v) is 9.18. The van der Waals surface area contributed by atoms with Crippen molar-refractivity contribution in [3.05, 3.63) is 18.2 Å². The fourth-order valence-electron chi connectivity index (χ4n) is 2.52. The van der Waals surface area contributed by atoms with E-state index in [1.165, 1.54) is 0 Å². The average Bonchev–Trinajstić information content (AvgIpc) is 2.53. The highest BCUT2D eigenvalue weighted by atomic mass is 32.2. The Morgan fingerprint density at radius 3 is 2.78 bits per heavy atom. The van der Waals surface area contributed by atoms with Gasteiger partial charge in [0.25, 0.3) is 0 Å². The van der Waals surface area contributed by atoms with Crippen molar-refractivity contribution in [2.45, 2.75) is 24.5 Å². The molecule has 0 amide bonds. The van der Waals surface area contributed by atoms with E-state index in [0.29, 0.717) is 23.6 Å². The van der Waals surface area contributed by atoms with Gasteiger partial charge in [-0.15, -0.1) is 0 Å². The number of sulfone groups is 1. The Hall–Kier alpha value is -1.96. The molecule has 0 aromatic heterocycles. The second-order valence-electron chi connectivity index (χ2n) is 5.40. The summed E-state index contributed by atoms with van der Waals surface area (Å²) in [6.07, 6.45) is 2.29. The Kier molecular flexibility index (Phi) is 5.70. The highest BCUT2D eigenvalue weighted by molar-refractivity contribution is 7.92. The molecule has 0 aliphatic carbocycles. The third kappa shape index (κ3) is 4.51. The maximum Gasteiger partial charge on any atom is 0.193 e. The van der Waals surface area contributed by atoms with E-state index in [0.717, 1.165) is 12.8 Å². The Balaban J connectivity index is 2.07. The number of hydrogen-bond donors (Lipinski definition) is 2. The van der Waals surface area contributed by atoms with E-state index in [1.807, 2.05) is 0 Å². The van der Waals surface area contributed by atoms with Crippen molar-refractivity contribution in [3.8, 4) is 11.5 Å². The maximum absolute atomic E-state index is 12.0. The van der Waals surface area contributed by atoms with E-state index < -0.39 is 15.1 Å². The molecule has 2 rings (SSSR count). The van der Waals surface area contributed by atoms with Gasteiger partial charge in [0.1, 0.15) is 11.5 Å². The molecule has 1 fully saturated rings. The lowest BCUT2D eigenvalue weighted by Crippen LogP contribution is -2.32. The number of guanidine groups is 1. The van der Waals surface area contributed by atoms with Gasteiger partial charge in [-0.3, -0.25) is 4.99 Å². The van der Waals surface area contributed by atoms with Crippen LogP contribution in [0.1, 0.15) is 19.3 Å². The van der Waals surface area contributed by atoms with Crippen molar-refractivity contribution in [1.82, 2.24) is 0 Å². The number of aliphatic imine (C=N–C) groups is 1. The van der Waals surface area contributed by atoms with Crippen molar-refractivity contribution >= 4 is 21.5 Å². The summed E-state index contributed by atoms with van der Waals surface area (Å²) in [5, 5.41) is 2.49. The number of nitrogens with zero attached hydrogens (tertiary/aromatic N) is 1. The molecule has 0 spiro atoms. The van der Waals surface area contributed by atoms with Crippen LogP contribution < -0.4 is 20.5 Å². The number of nitrogens with two attached hydrogens (primary N) is 1. The van der Waals surface area contributed by atoms with Crippen molar-refractivity contribution < 1.29 is 17.9 Å². The third-order valence-electron chi connectivity index (χ3n) is 3.85. The van der Waals surface area contributed by atoms with Gasteiger partial charge in [-0.1, -0.05) is 6.42 Å². The average molecular weight is 341 g/mol. The molecule has 1 aliphatic heterocycles. The molecule has 3 N–H and O–H groups in total. The summed E-state index contributed by atoms with van der Waals surface area (Å²) >= 11 is 0. The smallest absolute Gasteiger partial charge is 0.193 e. The minimum absolute atomic E-state index is 0.150. The number of rotatable bonds is 5. The van der Waals surface area contributed by atoms with Gasteiger partial charge in [0, 0.05) is 6.07 Å². The first kappa shape index (κ1) is 17.4. The van der Waals surface area contributed by atoms with Gasteiger partial charge in [0.05, 0.1) is 37.5 Å². The van der Waals surface area contributed by atoms with Crippen LogP contribution in [0.2, 0.25) is 0 Å². The molecule has 7 nitrogen and oxygen atoms in total. The summed E-state index contributed by atoms with van der Waals surface area (Å²) in [6, 6.07) is 5.25. The molecule has 1 atom stereocenters. The van der Waals surface area contributed by atoms with E-state index in [4.69, 9.17) is 15.2 Å². The molecule has 1 saturated heterocycles. The molecular weight excluding hydrogens is 318 g/mol. The zero-order valence-corrected chi connectivity index (χ0v) is 14.2. The summed E-state index contributed by atoms with van der Waals surface area (Å²) in [5.74, 6) is 1.63. The molecule has 0 radical (unpaired) electrons. The van der Waals surface area contributed by atoms with Crippen molar-refractivity contribution in [2.24, 2.45) is 10.7 Å². The summed E-state index contributed by atoms with van der Waals surface area (Å²) in [4.78, 5) is 4.18. The maximum atomic E-state index is 12.0. The lowest BCUT2D eigenvalue weighted by Gasteiger charge is -2.20. The monoisotopic (exact) mass is 341 g/mol. The second-order valence-corrected chi connectivity index (χ2v) is 7.80. The molecule has 1 aromatic rings. The minimum atomic E-state index is -3.05. The van der Waals surface area contributed by atoms with E-state index in [2.05, 4.69) is 10.3 Å². The molecule has 1 unspecified atom stereocenters. The van der Waals surface area contributed by atoms with E-state index in [1.54, 1.807) is 32.4 Å². The number of anilines is 1. The van der Waals surface area contributed by atoms with E-state index >= 15 is 0 Å². The first-order valence-electron chi connectivity index (χ1n) is 7.47. The van der Waals surface area contributed by atoms with Crippen LogP contribution in [0.4, 0.5) is 5.69 Å². The van der Waals surface area contributed by atoms with Gasteiger partial charge in [0.2, 0.25) is 0 Å². The summed E-state index contributed by atoms with van der Waals surface area (Å²) in [5.41, 5.74) is 6.49. The highest BCUT2D eigenvalue weighted by Gasteiger charge is 2.28. The number of ether oxygens (including phenoxy) is 2. The van der Waals surface area contributed by atoms with Crippen LogP contribution in [-0.4, -0.2) is 46.1 Å². The van der Waals surface area contributed by atoms with Crippen LogP contribution in [0, 0.1) is 0 Å². The van der Waals surface area contributed by atoms with Gasteiger partial charge < -0.3 is 20.5 Å². The van der Waals surface area contributed by atoms with Crippen molar-refractivity contribution in [3.63, 3.8) is 0 Å². The Morgan fingerprint density at radius 2 is 2.13 bits per heavy atom. The zero-order valence-electron chi connectivity index (χ0n) is 13.4. The quantitative estimate of drug-likeness (QED) is 0.620. The standard InChI is InChI=1S/C15H23N3O4S/c1-21-11-6-7-14(22-2)13(9-11)18-15(16)17-10-12-5-3-4-8-23(12,19)20/h6-7,9,12H,3-5,8,10H2,1-2H3,(H3,16,17,18). The van der Waals surface area contributed by atoms with Crippen molar-refractivity contribution in [2.75, 3.05) is 31.8 Å². The van der Waals surface area contributed by atoms with Crippen LogP contribution in [-0.2, 0) is 9.84 Å². The summed E-state index contributed by atoms with van der Waals surface area (Å²) < 4.78 is 34.4. The lowest BCUT2D eigenvalue weighted by atomic mass is 10.2. The molecule has 1 heterocycles. The number of hydrogen-bond acceptors (Lipinski definition) is 5. The second kappa shape index (κ2) is 7.54. The SMILES string of the molecule is COc1ccc(OC)c(NC(N)=NCC2CCCCS2(=O)=O)c1. The van der Waals surface area contributed by atoms with Crippen LogP contribution in [0.15, 0.2) is 23.2 Å². The molecule has 1 aromatic carbocycles. The lowest BCUT2D eigenvalue weighted by molar-refractivity contribution is 0.405. The Bertz CT molecular complexity index is 673. The first-order chi connectivity index (χ1) is 11.0. The molecule has 0 bridgehead atoms. The van der Waals surface area contributed by atoms with Gasteiger partial charge in [0.15, 0.2) is 15.8 Å². The topological polar surface area (TPSA) is 103 Å². The fraction of sp³-hybridized carbons (Fsp3) is 0.533. The van der Waals surface area contributed by atoms with Gasteiger partial charge in [-0.05, 0) is 25.0 Å². The van der Waals surface area contributed by atoms with Gasteiger partial charge in [-0.2, -0.15) is 0 Å². The number of nitrogens with one attached hydrogen (secondary N) is 1. The number of benzene rings is 1. The van der Waals surface area contributed by atoms with Crippen LogP contribution in [0.25, 0.3) is 0 Å². The predicted octanol–water partition coefficient (Wildman–Crippen LogP) is 1.40. The largest absolute Gasteiger partial charge is 0.497 e. The van der Waals surface area contributed by atoms with Crippen molar-refractivity contribution in [1.29, 1.82) is 0 Å². The molecule has 0 saturated carbocycles. The molecule has 23 heavy (non-hydrogen) atoms. The minimum Gasteiger partial charge on any atom is -0.497 e. The van der Waals surface area contributed by atoms with Crippen LogP contribution in [0.3, 0.4) is 0 Å². The van der Waals surface area contributed by atoms with E-state index in [-0.39, 0.29) is 18.3 Å². The normalized spacial score (nSPS) is 20.8. The van der Waals surface area contributed by atoms with Crippen LogP contribution >= 0.6 is 0 Å². The molecule has 128 valence electrons. The predicted molar refractivity (Wildman–Crippen MR) is 91.1 cm³/mol. The molecule has 1 aliphatic rings.